The van der Waals surface area contributed by atoms with E-state index in [1.54, 1.807) is 12.3 Å². The highest BCUT2D eigenvalue weighted by Crippen LogP contribution is 2.34. The number of rotatable bonds is 8. The minimum atomic E-state index is -0.438. The molecule has 0 spiro atoms. The van der Waals surface area contributed by atoms with E-state index in [1.807, 2.05) is 63.2 Å². The number of benzene rings is 3. The maximum absolute atomic E-state index is 12.1. The van der Waals surface area contributed by atoms with Gasteiger partial charge in [0.05, 0.1) is 12.8 Å². The van der Waals surface area contributed by atoms with Crippen LogP contribution in [0.5, 0.6) is 11.5 Å². The van der Waals surface area contributed by atoms with E-state index >= 15 is 0 Å². The number of nitrogens with zero attached hydrogens (tertiary/aromatic N) is 1. The Balaban J connectivity index is 1.66. The van der Waals surface area contributed by atoms with Crippen molar-refractivity contribution in [2.75, 3.05) is 11.9 Å². The lowest BCUT2D eigenvalue weighted by atomic mass is 10.1. The first kappa shape index (κ1) is 24.8. The van der Waals surface area contributed by atoms with Crippen molar-refractivity contribution in [3.8, 4) is 11.5 Å². The lowest BCUT2D eigenvalue weighted by molar-refractivity contribution is 0.252. The molecule has 0 aliphatic heterocycles. The number of carbonyl (C=O) groups is 1. The van der Waals surface area contributed by atoms with Crippen LogP contribution in [0.1, 0.15) is 29.2 Å². The van der Waals surface area contributed by atoms with Crippen LogP contribution in [0.2, 0.25) is 0 Å². The van der Waals surface area contributed by atoms with Gasteiger partial charge in [-0.25, -0.2) is 10.2 Å². The Morgan fingerprint density at radius 1 is 1.00 bits per heavy atom. The van der Waals surface area contributed by atoms with Gasteiger partial charge in [0.1, 0.15) is 6.61 Å². The molecule has 6 nitrogen and oxygen atoms in total. The van der Waals surface area contributed by atoms with E-state index in [0.717, 1.165) is 25.6 Å². The Labute approximate surface area is 210 Å². The zero-order valence-corrected chi connectivity index (χ0v) is 21.8. The summed E-state index contributed by atoms with van der Waals surface area (Å²) in [7, 11) is 0. The average Bonchev–Trinajstić information content (AvgIpc) is 2.77. The third-order valence-corrected chi connectivity index (χ3v) is 6.20. The van der Waals surface area contributed by atoms with E-state index < -0.39 is 6.03 Å². The highest BCUT2D eigenvalue weighted by molar-refractivity contribution is 9.10. The summed E-state index contributed by atoms with van der Waals surface area (Å²) in [6.07, 6.45) is 1.54. The van der Waals surface area contributed by atoms with Gasteiger partial charge in [-0.1, -0.05) is 45.8 Å². The predicted molar refractivity (Wildman–Crippen MR) is 139 cm³/mol. The van der Waals surface area contributed by atoms with Crippen molar-refractivity contribution in [1.29, 1.82) is 0 Å². The van der Waals surface area contributed by atoms with Crippen LogP contribution in [0.3, 0.4) is 0 Å². The van der Waals surface area contributed by atoms with Crippen LogP contribution >= 0.6 is 31.9 Å². The summed E-state index contributed by atoms with van der Waals surface area (Å²) in [6, 6.07) is 16.9. The number of anilines is 1. The Kier molecular flexibility index (Phi) is 8.91. The fourth-order valence-corrected chi connectivity index (χ4v) is 3.71. The highest BCUT2D eigenvalue weighted by atomic mass is 79.9. The molecule has 0 saturated carbocycles. The van der Waals surface area contributed by atoms with Gasteiger partial charge >= 0.3 is 6.03 Å². The van der Waals surface area contributed by atoms with E-state index in [-0.39, 0.29) is 0 Å². The molecule has 0 unspecified atom stereocenters. The molecular weight excluding hydrogens is 550 g/mol. The number of carbonyl (C=O) groups excluding carboxylic acids is 1. The van der Waals surface area contributed by atoms with Gasteiger partial charge in [-0.05, 0) is 78.2 Å². The van der Waals surface area contributed by atoms with E-state index in [9.17, 15) is 4.79 Å². The summed E-state index contributed by atoms with van der Waals surface area (Å²) in [5.41, 5.74) is 7.17. The number of hydrazone groups is 1. The number of ether oxygens (including phenoxy) is 2. The fraction of sp³-hybridized carbons (Fsp3) is 0.200. The molecule has 3 aromatic carbocycles. The second kappa shape index (κ2) is 11.9. The largest absolute Gasteiger partial charge is 0.490 e. The summed E-state index contributed by atoms with van der Waals surface area (Å²) in [6.45, 7) is 6.84. The standard InChI is InChI=1S/C25H25Br2N3O3/c1-4-32-23-12-19(14-28-30-25(31)29-20-8-9-21(26)17(3)11-20)22(27)13-24(23)33-15-18-7-5-6-16(2)10-18/h5-14H,4,15H2,1-3H3,(H2,29,30,31)/b28-14+. The highest BCUT2D eigenvalue weighted by Gasteiger charge is 2.11. The molecule has 3 rings (SSSR count). The van der Waals surface area contributed by atoms with Crippen molar-refractivity contribution >= 4 is 49.8 Å². The minimum absolute atomic E-state index is 0.429. The molecule has 0 heterocycles. The normalized spacial score (nSPS) is 10.8. The molecule has 0 bridgehead atoms. The fourth-order valence-electron chi connectivity index (χ4n) is 3.04. The zero-order valence-electron chi connectivity index (χ0n) is 18.6. The summed E-state index contributed by atoms with van der Waals surface area (Å²) < 4.78 is 13.5. The van der Waals surface area contributed by atoms with Crippen LogP contribution in [0.4, 0.5) is 10.5 Å². The second-order valence-electron chi connectivity index (χ2n) is 7.32. The van der Waals surface area contributed by atoms with Gasteiger partial charge in [0.2, 0.25) is 0 Å². The first-order valence-corrected chi connectivity index (χ1v) is 11.9. The molecule has 0 saturated heterocycles. The molecule has 3 aromatic rings. The Morgan fingerprint density at radius 2 is 1.79 bits per heavy atom. The third-order valence-electron chi connectivity index (χ3n) is 4.63. The smallest absolute Gasteiger partial charge is 0.339 e. The van der Waals surface area contributed by atoms with Gasteiger partial charge in [-0.15, -0.1) is 0 Å². The van der Waals surface area contributed by atoms with Crippen molar-refractivity contribution in [1.82, 2.24) is 5.43 Å². The van der Waals surface area contributed by atoms with Crippen molar-refractivity contribution in [2.24, 2.45) is 5.10 Å². The van der Waals surface area contributed by atoms with Crippen LogP contribution in [0.25, 0.3) is 0 Å². The first-order chi connectivity index (χ1) is 15.9. The summed E-state index contributed by atoms with van der Waals surface area (Å²) in [5, 5.41) is 6.80. The van der Waals surface area contributed by atoms with Crippen LogP contribution in [-0.4, -0.2) is 18.9 Å². The Bertz CT molecular complexity index is 1170. The number of amides is 2. The van der Waals surface area contributed by atoms with Gasteiger partial charge in [0.25, 0.3) is 0 Å². The molecule has 33 heavy (non-hydrogen) atoms. The quantitative estimate of drug-likeness (QED) is 0.225. The number of nitrogens with one attached hydrogen (secondary N) is 2. The molecule has 0 aliphatic rings. The number of hydrogen-bond acceptors (Lipinski definition) is 4. The van der Waals surface area contributed by atoms with E-state index in [4.69, 9.17) is 9.47 Å². The maximum atomic E-state index is 12.1. The predicted octanol–water partition coefficient (Wildman–Crippen LogP) is 6.96. The van der Waals surface area contributed by atoms with Gasteiger partial charge in [-0.3, -0.25) is 0 Å². The monoisotopic (exact) mass is 573 g/mol. The second-order valence-corrected chi connectivity index (χ2v) is 9.03. The summed E-state index contributed by atoms with van der Waals surface area (Å²) in [5.74, 6) is 1.23. The van der Waals surface area contributed by atoms with Crippen molar-refractivity contribution in [3.63, 3.8) is 0 Å². The van der Waals surface area contributed by atoms with Crippen LogP contribution in [0, 0.1) is 13.8 Å². The van der Waals surface area contributed by atoms with Gasteiger partial charge in [0, 0.05) is 20.2 Å². The van der Waals surface area contributed by atoms with E-state index in [2.05, 4.69) is 53.8 Å². The molecule has 2 amide bonds. The minimum Gasteiger partial charge on any atom is -0.490 e. The molecule has 0 fully saturated rings. The molecule has 0 radical (unpaired) electrons. The number of aryl methyl sites for hydroxylation is 2. The van der Waals surface area contributed by atoms with Crippen LogP contribution < -0.4 is 20.2 Å². The van der Waals surface area contributed by atoms with Crippen molar-refractivity contribution in [2.45, 2.75) is 27.4 Å². The molecule has 0 atom stereocenters. The summed E-state index contributed by atoms with van der Waals surface area (Å²) >= 11 is 6.99. The molecule has 172 valence electrons. The first-order valence-electron chi connectivity index (χ1n) is 10.4. The van der Waals surface area contributed by atoms with E-state index in [0.29, 0.717) is 30.4 Å². The molecular formula is C25H25Br2N3O3. The van der Waals surface area contributed by atoms with Gasteiger partial charge < -0.3 is 14.8 Å². The maximum Gasteiger partial charge on any atom is 0.339 e. The van der Waals surface area contributed by atoms with Gasteiger partial charge in [-0.2, -0.15) is 5.10 Å². The number of hydrogen-bond donors (Lipinski definition) is 2. The molecule has 2 N–H and O–H groups in total. The molecule has 8 heteroatoms. The van der Waals surface area contributed by atoms with Crippen molar-refractivity contribution in [3.05, 3.63) is 85.8 Å². The van der Waals surface area contributed by atoms with Gasteiger partial charge in [0.15, 0.2) is 11.5 Å². The van der Waals surface area contributed by atoms with Crippen molar-refractivity contribution < 1.29 is 14.3 Å². The SMILES string of the molecule is CCOc1cc(/C=N/NC(=O)Nc2ccc(Br)c(C)c2)c(Br)cc1OCc1cccc(C)c1. The molecule has 0 aliphatic carbocycles. The topological polar surface area (TPSA) is 72.0 Å². The Morgan fingerprint density at radius 3 is 2.52 bits per heavy atom. The zero-order chi connectivity index (χ0) is 23.8. The molecule has 0 aromatic heterocycles. The van der Waals surface area contributed by atoms with Crippen LogP contribution in [0.15, 0.2) is 68.6 Å². The summed E-state index contributed by atoms with van der Waals surface area (Å²) in [4.78, 5) is 12.1. The number of halogens is 2. The lowest BCUT2D eigenvalue weighted by Gasteiger charge is -2.14. The lowest BCUT2D eigenvalue weighted by Crippen LogP contribution is -2.24. The average molecular weight is 575 g/mol. The number of urea groups is 1. The van der Waals surface area contributed by atoms with E-state index in [1.165, 1.54) is 5.56 Å². The Hall–Kier alpha value is -2.84. The van der Waals surface area contributed by atoms with Crippen LogP contribution in [-0.2, 0) is 6.61 Å². The third kappa shape index (κ3) is 7.33.